The Morgan fingerprint density at radius 2 is 2.00 bits per heavy atom. The molecule has 0 aliphatic heterocycles. The summed E-state index contributed by atoms with van der Waals surface area (Å²) in [6.07, 6.45) is 0. The van der Waals surface area contributed by atoms with Gasteiger partial charge in [-0.2, -0.15) is 0 Å². The Morgan fingerprint density at radius 1 is 1.30 bits per heavy atom. The molecule has 2 rings (SSSR count). The van der Waals surface area contributed by atoms with Crippen LogP contribution in [0, 0.1) is 13.8 Å². The largest absolute Gasteiger partial charge is 0.361 e. The first-order valence-corrected chi connectivity index (χ1v) is 6.59. The van der Waals surface area contributed by atoms with Gasteiger partial charge in [0.1, 0.15) is 5.76 Å². The van der Waals surface area contributed by atoms with Crippen LogP contribution in [0.25, 0.3) is 0 Å². The van der Waals surface area contributed by atoms with Crippen molar-refractivity contribution in [1.82, 2.24) is 10.5 Å². The molecule has 20 heavy (non-hydrogen) atoms. The van der Waals surface area contributed by atoms with Gasteiger partial charge in [-0.15, -0.1) is 0 Å². The van der Waals surface area contributed by atoms with Crippen molar-refractivity contribution in [3.63, 3.8) is 0 Å². The molecule has 0 saturated heterocycles. The lowest BCUT2D eigenvalue weighted by Gasteiger charge is -2.14. The van der Waals surface area contributed by atoms with E-state index in [0.717, 1.165) is 22.7 Å². The van der Waals surface area contributed by atoms with Gasteiger partial charge in [0.15, 0.2) is 0 Å². The average molecular weight is 273 g/mol. The fourth-order valence-electron chi connectivity index (χ4n) is 1.87. The third-order valence-corrected chi connectivity index (χ3v) is 3.20. The summed E-state index contributed by atoms with van der Waals surface area (Å²) in [7, 11) is 0. The second kappa shape index (κ2) is 6.34. The molecule has 1 amide bonds. The van der Waals surface area contributed by atoms with E-state index < -0.39 is 0 Å². The predicted octanol–water partition coefficient (Wildman–Crippen LogP) is 2.41. The lowest BCUT2D eigenvalue weighted by atomic mass is 10.2. The molecule has 0 bridgehead atoms. The van der Waals surface area contributed by atoms with E-state index in [1.807, 2.05) is 51.1 Å². The predicted molar refractivity (Wildman–Crippen MR) is 77.4 cm³/mol. The number of nitrogens with zero attached hydrogens (tertiary/aromatic N) is 1. The third-order valence-electron chi connectivity index (χ3n) is 3.20. The van der Waals surface area contributed by atoms with Crippen LogP contribution < -0.4 is 10.6 Å². The lowest BCUT2D eigenvalue weighted by Crippen LogP contribution is -2.37. The van der Waals surface area contributed by atoms with Crippen LogP contribution in [0.3, 0.4) is 0 Å². The quantitative estimate of drug-likeness (QED) is 0.878. The minimum Gasteiger partial charge on any atom is -0.361 e. The van der Waals surface area contributed by atoms with Gasteiger partial charge in [-0.1, -0.05) is 23.4 Å². The van der Waals surface area contributed by atoms with Gasteiger partial charge in [0.25, 0.3) is 0 Å². The van der Waals surface area contributed by atoms with E-state index in [-0.39, 0.29) is 11.9 Å². The topological polar surface area (TPSA) is 67.2 Å². The Labute approximate surface area is 118 Å². The first kappa shape index (κ1) is 14.3. The zero-order valence-electron chi connectivity index (χ0n) is 11.9. The summed E-state index contributed by atoms with van der Waals surface area (Å²) >= 11 is 0. The molecule has 0 spiro atoms. The maximum absolute atomic E-state index is 12.0. The summed E-state index contributed by atoms with van der Waals surface area (Å²) in [5.74, 6) is 0.716. The number of carbonyl (C=O) groups excluding carboxylic acids is 1. The second-order valence-corrected chi connectivity index (χ2v) is 4.76. The molecule has 2 N–H and O–H groups in total. The summed E-state index contributed by atoms with van der Waals surface area (Å²) in [6, 6.07) is 9.10. The molecule has 1 aromatic carbocycles. The highest BCUT2D eigenvalue weighted by molar-refractivity contribution is 5.94. The average Bonchev–Trinajstić information content (AvgIpc) is 2.76. The zero-order valence-corrected chi connectivity index (χ0v) is 11.9. The zero-order chi connectivity index (χ0) is 14.5. The molecule has 1 aromatic heterocycles. The van der Waals surface area contributed by atoms with Crippen molar-refractivity contribution in [2.75, 3.05) is 5.32 Å². The maximum Gasteiger partial charge on any atom is 0.241 e. The number of carbonyl (C=O) groups is 1. The van der Waals surface area contributed by atoms with Gasteiger partial charge < -0.3 is 15.2 Å². The standard InChI is InChI=1S/C15H19N3O2/c1-10-14(12(3)20-18-10)9-16-11(2)15(19)17-13-7-5-4-6-8-13/h4-8,11,16H,9H2,1-3H3,(H,17,19). The van der Waals surface area contributed by atoms with E-state index in [0.29, 0.717) is 6.54 Å². The first-order valence-electron chi connectivity index (χ1n) is 6.59. The van der Waals surface area contributed by atoms with Crippen molar-refractivity contribution in [2.45, 2.75) is 33.4 Å². The van der Waals surface area contributed by atoms with E-state index in [2.05, 4.69) is 15.8 Å². The van der Waals surface area contributed by atoms with Crippen molar-refractivity contribution in [3.05, 3.63) is 47.3 Å². The van der Waals surface area contributed by atoms with E-state index in [9.17, 15) is 4.79 Å². The van der Waals surface area contributed by atoms with E-state index in [1.165, 1.54) is 0 Å². The van der Waals surface area contributed by atoms with Gasteiger partial charge in [0.2, 0.25) is 5.91 Å². The molecular formula is C15H19N3O2. The highest BCUT2D eigenvalue weighted by Gasteiger charge is 2.15. The van der Waals surface area contributed by atoms with Gasteiger partial charge in [-0.3, -0.25) is 4.79 Å². The molecule has 1 heterocycles. The van der Waals surface area contributed by atoms with Crippen molar-refractivity contribution in [2.24, 2.45) is 0 Å². The second-order valence-electron chi connectivity index (χ2n) is 4.76. The van der Waals surface area contributed by atoms with Crippen LogP contribution in [0.5, 0.6) is 0 Å². The minimum absolute atomic E-state index is 0.0667. The number of hydrogen-bond donors (Lipinski definition) is 2. The number of nitrogens with one attached hydrogen (secondary N) is 2. The van der Waals surface area contributed by atoms with E-state index in [4.69, 9.17) is 4.52 Å². The Hall–Kier alpha value is -2.14. The lowest BCUT2D eigenvalue weighted by molar-refractivity contribution is -0.117. The highest BCUT2D eigenvalue weighted by atomic mass is 16.5. The molecule has 1 atom stereocenters. The molecule has 0 radical (unpaired) electrons. The molecular weight excluding hydrogens is 254 g/mol. The van der Waals surface area contributed by atoms with Crippen LogP contribution in [-0.2, 0) is 11.3 Å². The molecule has 2 aromatic rings. The number of para-hydroxylation sites is 1. The van der Waals surface area contributed by atoms with Crippen LogP contribution in [0.4, 0.5) is 5.69 Å². The number of aromatic nitrogens is 1. The van der Waals surface area contributed by atoms with E-state index in [1.54, 1.807) is 0 Å². The van der Waals surface area contributed by atoms with Gasteiger partial charge >= 0.3 is 0 Å². The van der Waals surface area contributed by atoms with Crippen LogP contribution in [-0.4, -0.2) is 17.1 Å². The number of anilines is 1. The molecule has 5 heteroatoms. The molecule has 0 aliphatic carbocycles. The fraction of sp³-hybridized carbons (Fsp3) is 0.333. The molecule has 0 aliphatic rings. The Kier molecular flexibility index (Phi) is 4.53. The molecule has 1 unspecified atom stereocenters. The monoisotopic (exact) mass is 273 g/mol. The summed E-state index contributed by atoms with van der Waals surface area (Å²) in [5, 5.41) is 9.93. The van der Waals surface area contributed by atoms with Crippen molar-refractivity contribution in [3.8, 4) is 0 Å². The number of rotatable bonds is 5. The smallest absolute Gasteiger partial charge is 0.241 e. The number of hydrogen-bond acceptors (Lipinski definition) is 4. The van der Waals surface area contributed by atoms with Crippen molar-refractivity contribution >= 4 is 11.6 Å². The van der Waals surface area contributed by atoms with Gasteiger partial charge in [0, 0.05) is 17.8 Å². The van der Waals surface area contributed by atoms with Crippen LogP contribution >= 0.6 is 0 Å². The highest BCUT2D eigenvalue weighted by Crippen LogP contribution is 2.12. The molecule has 0 fully saturated rings. The molecule has 106 valence electrons. The normalized spacial score (nSPS) is 12.2. The minimum atomic E-state index is -0.302. The van der Waals surface area contributed by atoms with Crippen molar-refractivity contribution < 1.29 is 9.32 Å². The van der Waals surface area contributed by atoms with Crippen LogP contribution in [0.15, 0.2) is 34.9 Å². The number of amides is 1. The fourth-order valence-corrected chi connectivity index (χ4v) is 1.87. The summed E-state index contributed by atoms with van der Waals surface area (Å²) < 4.78 is 5.09. The molecule has 0 saturated carbocycles. The van der Waals surface area contributed by atoms with Crippen LogP contribution in [0.1, 0.15) is 23.9 Å². The first-order chi connectivity index (χ1) is 9.58. The Balaban J connectivity index is 1.89. The van der Waals surface area contributed by atoms with Gasteiger partial charge in [0.05, 0.1) is 11.7 Å². The number of aryl methyl sites for hydroxylation is 2. The Morgan fingerprint density at radius 3 is 2.60 bits per heavy atom. The summed E-state index contributed by atoms with van der Waals surface area (Å²) in [4.78, 5) is 12.0. The third kappa shape index (κ3) is 3.45. The Bertz CT molecular complexity index is 559. The number of benzene rings is 1. The van der Waals surface area contributed by atoms with Crippen molar-refractivity contribution in [1.29, 1.82) is 0 Å². The summed E-state index contributed by atoms with van der Waals surface area (Å²) in [5.41, 5.74) is 2.65. The summed E-state index contributed by atoms with van der Waals surface area (Å²) in [6.45, 7) is 6.15. The van der Waals surface area contributed by atoms with Gasteiger partial charge in [-0.25, -0.2) is 0 Å². The SMILES string of the molecule is Cc1noc(C)c1CNC(C)C(=O)Nc1ccccc1. The maximum atomic E-state index is 12.0. The van der Waals surface area contributed by atoms with E-state index >= 15 is 0 Å². The van der Waals surface area contributed by atoms with Crippen LogP contribution in [0.2, 0.25) is 0 Å². The molecule has 5 nitrogen and oxygen atoms in total. The van der Waals surface area contributed by atoms with Gasteiger partial charge in [-0.05, 0) is 32.9 Å².